The first kappa shape index (κ1) is 19.7. The highest BCUT2D eigenvalue weighted by atomic mass is 16.6. The minimum Gasteiger partial charge on any atom is -0.486 e. The van der Waals surface area contributed by atoms with Gasteiger partial charge in [0.25, 0.3) is 0 Å². The maximum Gasteiger partial charge on any atom is 0.330 e. The standard InChI is InChI=1S/C23H30O4/c1-14(2)11-21(25)26-20-10-7-15(3)23(22(20,5)6)13-18-12-17(16(4)24)8-9-19(18)27-23/h8-9,11-12,15,20H,7,10,13H2,1-6H3/t15-,20+,23+/m0/s1. The average Bonchev–Trinajstić information content (AvgIpc) is 2.96. The van der Waals surface area contributed by atoms with Crippen molar-refractivity contribution in [3.8, 4) is 5.75 Å². The van der Waals surface area contributed by atoms with Crippen LogP contribution in [0.2, 0.25) is 0 Å². The van der Waals surface area contributed by atoms with Crippen molar-refractivity contribution in [1.82, 2.24) is 0 Å². The molecule has 0 amide bonds. The van der Waals surface area contributed by atoms with Crippen LogP contribution < -0.4 is 4.74 Å². The van der Waals surface area contributed by atoms with Crippen molar-refractivity contribution < 1.29 is 19.1 Å². The summed E-state index contributed by atoms with van der Waals surface area (Å²) >= 11 is 0. The molecule has 0 bridgehead atoms. The highest BCUT2D eigenvalue weighted by Crippen LogP contribution is 2.56. The normalized spacial score (nSPS) is 28.2. The zero-order chi connectivity index (χ0) is 20.0. The van der Waals surface area contributed by atoms with E-state index >= 15 is 0 Å². The summed E-state index contributed by atoms with van der Waals surface area (Å²) in [5.74, 6) is 0.936. The topological polar surface area (TPSA) is 52.6 Å². The lowest BCUT2D eigenvalue weighted by molar-refractivity contribution is -0.184. The maximum atomic E-state index is 12.3. The van der Waals surface area contributed by atoms with E-state index in [2.05, 4.69) is 20.8 Å². The summed E-state index contributed by atoms with van der Waals surface area (Å²) in [7, 11) is 0. The first-order chi connectivity index (χ1) is 12.6. The van der Waals surface area contributed by atoms with Gasteiger partial charge in [0.2, 0.25) is 0 Å². The van der Waals surface area contributed by atoms with E-state index in [-0.39, 0.29) is 23.3 Å². The second-order valence-electron chi connectivity index (χ2n) is 8.89. The molecule has 2 aliphatic rings. The number of allylic oxidation sites excluding steroid dienone is 1. The monoisotopic (exact) mass is 370 g/mol. The quantitative estimate of drug-likeness (QED) is 0.431. The molecule has 0 aromatic heterocycles. The first-order valence-electron chi connectivity index (χ1n) is 9.75. The fourth-order valence-electron chi connectivity index (χ4n) is 4.70. The molecule has 1 aromatic rings. The molecule has 0 saturated heterocycles. The lowest BCUT2D eigenvalue weighted by atomic mass is 9.58. The number of hydrogen-bond acceptors (Lipinski definition) is 4. The van der Waals surface area contributed by atoms with E-state index in [4.69, 9.17) is 9.47 Å². The summed E-state index contributed by atoms with van der Waals surface area (Å²) in [5, 5.41) is 0. The average molecular weight is 370 g/mol. The fraction of sp³-hybridized carbons (Fsp3) is 0.565. The Bertz CT molecular complexity index is 801. The van der Waals surface area contributed by atoms with E-state index in [1.807, 2.05) is 32.0 Å². The molecule has 1 aliphatic heterocycles. The Labute approximate surface area is 161 Å². The molecular formula is C23H30O4. The van der Waals surface area contributed by atoms with Crippen molar-refractivity contribution in [2.75, 3.05) is 0 Å². The van der Waals surface area contributed by atoms with Gasteiger partial charge in [0.1, 0.15) is 17.5 Å². The fourth-order valence-corrected chi connectivity index (χ4v) is 4.70. The summed E-state index contributed by atoms with van der Waals surface area (Å²) in [6, 6.07) is 5.68. The predicted octanol–water partition coefficient (Wildman–Crippen LogP) is 4.90. The largest absolute Gasteiger partial charge is 0.486 e. The predicted molar refractivity (Wildman–Crippen MR) is 105 cm³/mol. The summed E-state index contributed by atoms with van der Waals surface area (Å²) in [4.78, 5) is 24.0. The second kappa shape index (κ2) is 6.81. The molecule has 1 aromatic carbocycles. The van der Waals surface area contributed by atoms with Gasteiger partial charge in [0.15, 0.2) is 5.78 Å². The number of Topliss-reactive ketones (excluding diaryl/α,β-unsaturated/α-hetero) is 1. The van der Waals surface area contributed by atoms with E-state index in [1.165, 1.54) is 0 Å². The van der Waals surface area contributed by atoms with Crippen LogP contribution in [0.1, 0.15) is 70.3 Å². The van der Waals surface area contributed by atoms with Gasteiger partial charge < -0.3 is 9.47 Å². The number of ether oxygens (including phenoxy) is 2. The molecule has 3 rings (SSSR count). The highest BCUT2D eigenvalue weighted by molar-refractivity contribution is 5.94. The second-order valence-corrected chi connectivity index (χ2v) is 8.89. The van der Waals surface area contributed by atoms with Crippen molar-refractivity contribution in [1.29, 1.82) is 0 Å². The highest BCUT2D eigenvalue weighted by Gasteiger charge is 2.61. The van der Waals surface area contributed by atoms with E-state index in [1.54, 1.807) is 13.0 Å². The molecule has 0 unspecified atom stereocenters. The zero-order valence-electron chi connectivity index (χ0n) is 17.2. The summed E-state index contributed by atoms with van der Waals surface area (Å²) in [6.45, 7) is 11.9. The molecule has 1 fully saturated rings. The Balaban J connectivity index is 1.92. The van der Waals surface area contributed by atoms with Gasteiger partial charge in [-0.3, -0.25) is 4.79 Å². The van der Waals surface area contributed by atoms with Crippen LogP contribution in [0.3, 0.4) is 0 Å². The maximum absolute atomic E-state index is 12.3. The van der Waals surface area contributed by atoms with Crippen LogP contribution in [-0.2, 0) is 16.0 Å². The third-order valence-electron chi connectivity index (χ3n) is 6.43. The van der Waals surface area contributed by atoms with Crippen LogP contribution in [-0.4, -0.2) is 23.5 Å². The van der Waals surface area contributed by atoms with E-state index in [9.17, 15) is 9.59 Å². The Hall–Kier alpha value is -2.10. The Kier molecular flexibility index (Phi) is 4.96. The molecule has 0 N–H and O–H groups in total. The molecular weight excluding hydrogens is 340 g/mol. The minimum absolute atomic E-state index is 0.0585. The van der Waals surface area contributed by atoms with Crippen molar-refractivity contribution in [3.63, 3.8) is 0 Å². The Morgan fingerprint density at radius 1 is 1.19 bits per heavy atom. The molecule has 1 spiro atoms. The van der Waals surface area contributed by atoms with Crippen LogP contribution in [0.4, 0.5) is 0 Å². The van der Waals surface area contributed by atoms with Gasteiger partial charge in [-0.15, -0.1) is 0 Å². The van der Waals surface area contributed by atoms with Gasteiger partial charge in [0.05, 0.1) is 0 Å². The van der Waals surface area contributed by atoms with E-state index in [0.717, 1.165) is 36.1 Å². The lowest BCUT2D eigenvalue weighted by Crippen LogP contribution is -2.62. The molecule has 4 heteroatoms. The number of fused-ring (bicyclic) bond motifs is 1. The van der Waals surface area contributed by atoms with Crippen LogP contribution in [0, 0.1) is 11.3 Å². The molecule has 0 radical (unpaired) electrons. The number of hydrogen-bond donors (Lipinski definition) is 0. The third kappa shape index (κ3) is 3.30. The van der Waals surface area contributed by atoms with Crippen molar-refractivity contribution >= 4 is 11.8 Å². The summed E-state index contributed by atoms with van der Waals surface area (Å²) < 4.78 is 12.4. The number of rotatable bonds is 3. The minimum atomic E-state index is -0.446. The number of carbonyl (C=O) groups excluding carboxylic acids is 2. The molecule has 146 valence electrons. The molecule has 4 nitrogen and oxygen atoms in total. The van der Waals surface area contributed by atoms with Crippen LogP contribution in [0.25, 0.3) is 0 Å². The molecule has 27 heavy (non-hydrogen) atoms. The van der Waals surface area contributed by atoms with E-state index in [0.29, 0.717) is 11.5 Å². The smallest absolute Gasteiger partial charge is 0.330 e. The summed E-state index contributed by atoms with van der Waals surface area (Å²) in [6.07, 6.45) is 3.83. The van der Waals surface area contributed by atoms with Gasteiger partial charge in [-0.05, 0) is 63.3 Å². The molecule has 1 heterocycles. The number of ketones is 1. The summed E-state index contributed by atoms with van der Waals surface area (Å²) in [5.41, 5.74) is 1.91. The van der Waals surface area contributed by atoms with Crippen molar-refractivity contribution in [3.05, 3.63) is 41.0 Å². The number of esters is 1. The molecule has 3 atom stereocenters. The van der Waals surface area contributed by atoms with Crippen LogP contribution in [0.5, 0.6) is 5.75 Å². The molecule has 1 saturated carbocycles. The van der Waals surface area contributed by atoms with Crippen molar-refractivity contribution in [2.24, 2.45) is 11.3 Å². The lowest BCUT2D eigenvalue weighted by Gasteiger charge is -2.54. The molecule has 1 aliphatic carbocycles. The van der Waals surface area contributed by atoms with Crippen LogP contribution >= 0.6 is 0 Å². The van der Waals surface area contributed by atoms with E-state index < -0.39 is 5.60 Å². The van der Waals surface area contributed by atoms with Gasteiger partial charge in [-0.25, -0.2) is 4.79 Å². The third-order valence-corrected chi connectivity index (χ3v) is 6.43. The van der Waals surface area contributed by atoms with Gasteiger partial charge in [0, 0.05) is 23.5 Å². The van der Waals surface area contributed by atoms with Gasteiger partial charge in [-0.2, -0.15) is 0 Å². The van der Waals surface area contributed by atoms with Crippen LogP contribution in [0.15, 0.2) is 29.8 Å². The number of benzene rings is 1. The number of carbonyl (C=O) groups is 2. The Morgan fingerprint density at radius 3 is 2.52 bits per heavy atom. The zero-order valence-corrected chi connectivity index (χ0v) is 17.2. The Morgan fingerprint density at radius 2 is 1.89 bits per heavy atom. The van der Waals surface area contributed by atoms with Gasteiger partial charge >= 0.3 is 5.97 Å². The van der Waals surface area contributed by atoms with Crippen molar-refractivity contribution in [2.45, 2.75) is 72.5 Å². The SMILES string of the molecule is CC(=O)c1ccc2c(c1)C[C@@]1(O2)[C@@H](C)CC[C@@H](OC(=O)C=C(C)C)C1(C)C. The first-order valence-corrected chi connectivity index (χ1v) is 9.75. The van der Waals surface area contributed by atoms with Gasteiger partial charge in [-0.1, -0.05) is 26.3 Å².